The molecule has 0 amide bonds. The fourth-order valence-corrected chi connectivity index (χ4v) is 2.44. The summed E-state index contributed by atoms with van der Waals surface area (Å²) in [6.45, 7) is 6.77. The molecule has 1 aromatic heterocycles. The van der Waals surface area contributed by atoms with Crippen molar-refractivity contribution in [3.8, 4) is 0 Å². The number of nitrogens with two attached hydrogens (primary N) is 1. The van der Waals surface area contributed by atoms with E-state index in [0.29, 0.717) is 17.9 Å². The van der Waals surface area contributed by atoms with Crippen molar-refractivity contribution >= 4 is 11.3 Å². The summed E-state index contributed by atoms with van der Waals surface area (Å²) in [5.74, 6) is 6.90. The minimum atomic E-state index is 0.423. The SMILES string of the molecule is CC(C)C(C)C(CCc1cccs1)NN. The summed E-state index contributed by atoms with van der Waals surface area (Å²) in [4.78, 5) is 1.45. The van der Waals surface area contributed by atoms with Crippen molar-refractivity contribution in [2.75, 3.05) is 0 Å². The molecule has 3 N–H and O–H groups in total. The number of hydrogen-bond donors (Lipinski definition) is 2. The van der Waals surface area contributed by atoms with Crippen LogP contribution in [0.3, 0.4) is 0 Å². The zero-order chi connectivity index (χ0) is 11.3. The smallest absolute Gasteiger partial charge is 0.0242 e. The van der Waals surface area contributed by atoms with E-state index >= 15 is 0 Å². The summed E-state index contributed by atoms with van der Waals surface area (Å²) in [7, 11) is 0. The van der Waals surface area contributed by atoms with Gasteiger partial charge in [0.05, 0.1) is 0 Å². The van der Waals surface area contributed by atoms with Crippen molar-refractivity contribution in [2.45, 2.75) is 39.7 Å². The molecular weight excluding hydrogens is 204 g/mol. The van der Waals surface area contributed by atoms with Crippen LogP contribution in [0.25, 0.3) is 0 Å². The molecule has 2 unspecified atom stereocenters. The molecule has 86 valence electrons. The van der Waals surface area contributed by atoms with Crippen LogP contribution in [0.2, 0.25) is 0 Å². The predicted octanol–water partition coefficient (Wildman–Crippen LogP) is 2.80. The lowest BCUT2D eigenvalue weighted by atomic mass is 9.88. The third-order valence-electron chi connectivity index (χ3n) is 3.18. The quantitative estimate of drug-likeness (QED) is 0.578. The van der Waals surface area contributed by atoms with Crippen molar-refractivity contribution in [1.82, 2.24) is 5.43 Å². The van der Waals surface area contributed by atoms with Crippen LogP contribution in [-0.4, -0.2) is 6.04 Å². The Labute approximate surface area is 96.9 Å². The molecule has 0 saturated carbocycles. The Balaban J connectivity index is 2.40. The van der Waals surface area contributed by atoms with Gasteiger partial charge in [0.25, 0.3) is 0 Å². The third kappa shape index (κ3) is 3.93. The Bertz CT molecular complexity index is 257. The highest BCUT2D eigenvalue weighted by molar-refractivity contribution is 7.09. The standard InChI is InChI=1S/C12H22N2S/c1-9(2)10(3)12(14-13)7-6-11-5-4-8-15-11/h4-5,8-10,12,14H,6-7,13H2,1-3H3. The lowest BCUT2D eigenvalue weighted by molar-refractivity contribution is 0.288. The van der Waals surface area contributed by atoms with Crippen LogP contribution in [0.5, 0.6) is 0 Å². The molecule has 0 saturated heterocycles. The van der Waals surface area contributed by atoms with E-state index in [4.69, 9.17) is 5.84 Å². The molecule has 0 aliphatic rings. The van der Waals surface area contributed by atoms with Gasteiger partial charge in [0.1, 0.15) is 0 Å². The Hall–Kier alpha value is -0.380. The lowest BCUT2D eigenvalue weighted by Crippen LogP contribution is -2.41. The van der Waals surface area contributed by atoms with Gasteiger partial charge in [0, 0.05) is 10.9 Å². The van der Waals surface area contributed by atoms with Gasteiger partial charge < -0.3 is 0 Å². The maximum atomic E-state index is 5.60. The van der Waals surface area contributed by atoms with E-state index in [9.17, 15) is 0 Å². The molecule has 1 aromatic rings. The number of hydrogen-bond acceptors (Lipinski definition) is 3. The van der Waals surface area contributed by atoms with Crippen LogP contribution >= 0.6 is 11.3 Å². The van der Waals surface area contributed by atoms with Crippen molar-refractivity contribution in [1.29, 1.82) is 0 Å². The van der Waals surface area contributed by atoms with Crippen molar-refractivity contribution in [3.63, 3.8) is 0 Å². The van der Waals surface area contributed by atoms with Gasteiger partial charge >= 0.3 is 0 Å². The monoisotopic (exact) mass is 226 g/mol. The summed E-state index contributed by atoms with van der Waals surface area (Å²) in [6.07, 6.45) is 2.25. The van der Waals surface area contributed by atoms with Gasteiger partial charge in [0.15, 0.2) is 0 Å². The topological polar surface area (TPSA) is 38.0 Å². The molecule has 0 aliphatic heterocycles. The van der Waals surface area contributed by atoms with Crippen LogP contribution < -0.4 is 11.3 Å². The summed E-state index contributed by atoms with van der Waals surface area (Å²) in [5, 5.41) is 2.13. The molecule has 0 fully saturated rings. The number of rotatable bonds is 6. The van der Waals surface area contributed by atoms with Gasteiger partial charge in [-0.15, -0.1) is 11.3 Å². The van der Waals surface area contributed by atoms with Crippen LogP contribution in [0.1, 0.15) is 32.1 Å². The van der Waals surface area contributed by atoms with Crippen molar-refractivity contribution in [3.05, 3.63) is 22.4 Å². The molecule has 0 aromatic carbocycles. The first-order valence-electron chi connectivity index (χ1n) is 5.63. The first-order chi connectivity index (χ1) is 7.15. The van der Waals surface area contributed by atoms with E-state index in [-0.39, 0.29) is 0 Å². The maximum absolute atomic E-state index is 5.60. The van der Waals surface area contributed by atoms with Crippen LogP contribution in [-0.2, 0) is 6.42 Å². The maximum Gasteiger partial charge on any atom is 0.0242 e. The first kappa shape index (κ1) is 12.7. The Morgan fingerprint density at radius 2 is 2.13 bits per heavy atom. The minimum Gasteiger partial charge on any atom is -0.271 e. The van der Waals surface area contributed by atoms with Gasteiger partial charge in [0.2, 0.25) is 0 Å². The fourth-order valence-electron chi connectivity index (χ4n) is 1.72. The second kappa shape index (κ2) is 6.26. The van der Waals surface area contributed by atoms with Gasteiger partial charge in [-0.3, -0.25) is 11.3 Å². The zero-order valence-electron chi connectivity index (χ0n) is 9.86. The largest absolute Gasteiger partial charge is 0.271 e. The summed E-state index contributed by atoms with van der Waals surface area (Å²) >= 11 is 1.83. The molecule has 3 heteroatoms. The van der Waals surface area contributed by atoms with E-state index in [1.165, 1.54) is 4.88 Å². The minimum absolute atomic E-state index is 0.423. The van der Waals surface area contributed by atoms with Crippen LogP contribution in [0, 0.1) is 11.8 Å². The fraction of sp³-hybridized carbons (Fsp3) is 0.667. The van der Waals surface area contributed by atoms with Gasteiger partial charge in [-0.25, -0.2) is 0 Å². The van der Waals surface area contributed by atoms with E-state index in [1.54, 1.807) is 0 Å². The first-order valence-corrected chi connectivity index (χ1v) is 6.51. The molecule has 2 atom stereocenters. The van der Waals surface area contributed by atoms with E-state index in [1.807, 2.05) is 11.3 Å². The number of thiophene rings is 1. The van der Waals surface area contributed by atoms with E-state index < -0.39 is 0 Å². The second-order valence-electron chi connectivity index (χ2n) is 4.49. The number of aryl methyl sites for hydroxylation is 1. The highest BCUT2D eigenvalue weighted by Gasteiger charge is 2.18. The molecule has 1 heterocycles. The molecule has 0 bridgehead atoms. The Morgan fingerprint density at radius 1 is 1.40 bits per heavy atom. The van der Waals surface area contributed by atoms with Crippen molar-refractivity contribution in [2.24, 2.45) is 17.7 Å². The average molecular weight is 226 g/mol. The second-order valence-corrected chi connectivity index (χ2v) is 5.53. The third-order valence-corrected chi connectivity index (χ3v) is 4.12. The van der Waals surface area contributed by atoms with E-state index in [2.05, 4.69) is 43.7 Å². The van der Waals surface area contributed by atoms with Crippen LogP contribution in [0.4, 0.5) is 0 Å². The Kier molecular flexibility index (Phi) is 5.29. The molecule has 2 nitrogen and oxygen atoms in total. The normalized spacial score (nSPS) is 15.5. The highest BCUT2D eigenvalue weighted by Crippen LogP contribution is 2.19. The molecule has 15 heavy (non-hydrogen) atoms. The summed E-state index contributed by atoms with van der Waals surface area (Å²) < 4.78 is 0. The van der Waals surface area contributed by atoms with Crippen molar-refractivity contribution < 1.29 is 0 Å². The highest BCUT2D eigenvalue weighted by atomic mass is 32.1. The van der Waals surface area contributed by atoms with E-state index in [0.717, 1.165) is 12.8 Å². The molecule has 1 rings (SSSR count). The van der Waals surface area contributed by atoms with Gasteiger partial charge in [-0.05, 0) is 36.1 Å². The number of nitrogens with one attached hydrogen (secondary N) is 1. The molecular formula is C12H22N2S. The summed E-state index contributed by atoms with van der Waals surface area (Å²) in [5.41, 5.74) is 2.95. The zero-order valence-corrected chi connectivity index (χ0v) is 10.7. The lowest BCUT2D eigenvalue weighted by Gasteiger charge is -2.26. The predicted molar refractivity (Wildman–Crippen MR) is 67.8 cm³/mol. The van der Waals surface area contributed by atoms with Crippen LogP contribution in [0.15, 0.2) is 17.5 Å². The van der Waals surface area contributed by atoms with Gasteiger partial charge in [-0.2, -0.15) is 0 Å². The molecule has 0 radical (unpaired) electrons. The molecule has 0 spiro atoms. The van der Waals surface area contributed by atoms with Gasteiger partial charge in [-0.1, -0.05) is 26.8 Å². The molecule has 0 aliphatic carbocycles. The Morgan fingerprint density at radius 3 is 2.60 bits per heavy atom. The summed E-state index contributed by atoms with van der Waals surface area (Å²) in [6, 6.07) is 4.72. The average Bonchev–Trinajstić information content (AvgIpc) is 2.71. The number of hydrazine groups is 1.